The van der Waals surface area contributed by atoms with Crippen molar-refractivity contribution in [3.63, 3.8) is 0 Å². The van der Waals surface area contributed by atoms with Crippen LogP contribution in [0.15, 0.2) is 47.4 Å². The lowest BCUT2D eigenvalue weighted by Crippen LogP contribution is -2.46. The SMILES string of the molecule is CN(C)S(=O)(=O)c1ccc(Cl)c(C(=O)N2CCC[C@H]2C(=O)NCCOc2ccccc2F)c1. The minimum atomic E-state index is -3.76. The van der Waals surface area contributed by atoms with E-state index < -0.39 is 27.8 Å². The minimum Gasteiger partial charge on any atom is -0.489 e. The minimum absolute atomic E-state index is 0.0159. The normalized spacial score (nSPS) is 16.2. The van der Waals surface area contributed by atoms with Crippen molar-refractivity contribution >= 4 is 33.4 Å². The van der Waals surface area contributed by atoms with Gasteiger partial charge in [0.05, 0.1) is 22.0 Å². The molecule has 8 nitrogen and oxygen atoms in total. The van der Waals surface area contributed by atoms with Gasteiger partial charge in [-0.2, -0.15) is 0 Å². The van der Waals surface area contributed by atoms with E-state index >= 15 is 0 Å². The van der Waals surface area contributed by atoms with Crippen LogP contribution in [0.2, 0.25) is 5.02 Å². The molecule has 11 heteroatoms. The Kier molecular flexibility index (Phi) is 7.93. The molecule has 0 aromatic heterocycles. The number of para-hydroxylation sites is 1. The van der Waals surface area contributed by atoms with Crippen molar-refractivity contribution in [2.45, 2.75) is 23.8 Å². The molecule has 0 bridgehead atoms. The van der Waals surface area contributed by atoms with Gasteiger partial charge >= 0.3 is 0 Å². The molecular weight excluding hydrogens is 473 g/mol. The van der Waals surface area contributed by atoms with Crippen molar-refractivity contribution in [3.8, 4) is 5.75 Å². The van der Waals surface area contributed by atoms with Crippen molar-refractivity contribution in [1.82, 2.24) is 14.5 Å². The smallest absolute Gasteiger partial charge is 0.256 e. The Hall–Kier alpha value is -2.69. The Balaban J connectivity index is 1.66. The van der Waals surface area contributed by atoms with Crippen LogP contribution in [-0.4, -0.2) is 69.3 Å². The van der Waals surface area contributed by atoms with Crippen molar-refractivity contribution in [2.75, 3.05) is 33.8 Å². The van der Waals surface area contributed by atoms with Gasteiger partial charge in [0.1, 0.15) is 12.6 Å². The van der Waals surface area contributed by atoms with Gasteiger partial charge in [-0.3, -0.25) is 9.59 Å². The van der Waals surface area contributed by atoms with E-state index in [-0.39, 0.29) is 40.3 Å². The number of halogens is 2. The van der Waals surface area contributed by atoms with Gasteiger partial charge in [0, 0.05) is 20.6 Å². The van der Waals surface area contributed by atoms with Gasteiger partial charge in [0.2, 0.25) is 15.9 Å². The third-order valence-corrected chi connectivity index (χ3v) is 7.40. The maximum Gasteiger partial charge on any atom is 0.256 e. The summed E-state index contributed by atoms with van der Waals surface area (Å²) in [5.41, 5.74) is 0.0159. The number of likely N-dealkylation sites (tertiary alicyclic amines) is 1. The number of nitrogens with zero attached hydrogens (tertiary/aromatic N) is 2. The Morgan fingerprint density at radius 3 is 2.67 bits per heavy atom. The van der Waals surface area contributed by atoms with Crippen molar-refractivity contribution in [3.05, 3.63) is 58.9 Å². The highest BCUT2D eigenvalue weighted by atomic mass is 35.5. The zero-order valence-electron chi connectivity index (χ0n) is 18.3. The first-order valence-corrected chi connectivity index (χ1v) is 12.1. The van der Waals surface area contributed by atoms with Gasteiger partial charge in [0.25, 0.3) is 5.91 Å². The second kappa shape index (κ2) is 10.5. The molecule has 178 valence electrons. The zero-order chi connectivity index (χ0) is 24.2. The first-order chi connectivity index (χ1) is 15.6. The number of sulfonamides is 1. The molecule has 1 saturated heterocycles. The molecule has 2 amide bonds. The number of amides is 2. The molecule has 1 aliphatic rings. The van der Waals surface area contributed by atoms with E-state index in [1.165, 1.54) is 49.3 Å². The van der Waals surface area contributed by atoms with Crippen LogP contribution in [0.4, 0.5) is 4.39 Å². The first kappa shape index (κ1) is 24.9. The molecule has 1 heterocycles. The molecule has 0 spiro atoms. The van der Waals surface area contributed by atoms with E-state index in [0.717, 1.165) is 4.31 Å². The van der Waals surface area contributed by atoms with Gasteiger partial charge in [-0.25, -0.2) is 17.1 Å². The molecule has 3 rings (SSSR count). The highest BCUT2D eigenvalue weighted by Gasteiger charge is 2.35. The van der Waals surface area contributed by atoms with E-state index in [1.54, 1.807) is 12.1 Å². The quantitative estimate of drug-likeness (QED) is 0.565. The highest BCUT2D eigenvalue weighted by molar-refractivity contribution is 7.89. The second-order valence-electron chi connectivity index (χ2n) is 7.66. The highest BCUT2D eigenvalue weighted by Crippen LogP contribution is 2.27. The number of ether oxygens (including phenoxy) is 1. The monoisotopic (exact) mass is 497 g/mol. The lowest BCUT2D eigenvalue weighted by molar-refractivity contribution is -0.124. The fourth-order valence-corrected chi connectivity index (χ4v) is 4.62. The predicted octanol–water partition coefficient (Wildman–Crippen LogP) is 2.53. The molecule has 1 aliphatic heterocycles. The number of hydrogen-bond donors (Lipinski definition) is 1. The molecule has 33 heavy (non-hydrogen) atoms. The fourth-order valence-electron chi connectivity index (χ4n) is 3.49. The first-order valence-electron chi connectivity index (χ1n) is 10.3. The fraction of sp³-hybridized carbons (Fsp3) is 0.364. The molecule has 0 aliphatic carbocycles. The summed E-state index contributed by atoms with van der Waals surface area (Å²) in [6, 6.07) is 9.15. The molecular formula is C22H25ClFN3O5S. The summed E-state index contributed by atoms with van der Waals surface area (Å²) in [6.07, 6.45) is 1.07. The standard InChI is InChI=1S/C22H25ClFN3O5S/c1-26(2)33(30,31)15-9-10-17(23)16(14-15)22(29)27-12-5-7-19(27)21(28)25-11-13-32-20-8-4-3-6-18(20)24/h3-4,6,8-10,14,19H,5,7,11-13H2,1-2H3,(H,25,28)/t19-/m0/s1. The van der Waals surface area contributed by atoms with E-state index in [0.29, 0.717) is 19.4 Å². The molecule has 0 saturated carbocycles. The molecule has 1 atom stereocenters. The molecule has 0 radical (unpaired) electrons. The number of benzene rings is 2. The number of carbonyl (C=O) groups excluding carboxylic acids is 2. The van der Waals surface area contributed by atoms with Crippen molar-refractivity contribution in [1.29, 1.82) is 0 Å². The largest absolute Gasteiger partial charge is 0.489 e. The molecule has 2 aromatic carbocycles. The molecule has 1 N–H and O–H groups in total. The van der Waals surface area contributed by atoms with Crippen LogP contribution in [0.1, 0.15) is 23.2 Å². The van der Waals surface area contributed by atoms with Crippen LogP contribution >= 0.6 is 11.6 Å². The Bertz CT molecular complexity index is 1140. The maximum absolute atomic E-state index is 13.6. The van der Waals surface area contributed by atoms with Crippen molar-refractivity contribution < 1.29 is 27.1 Å². The summed E-state index contributed by atoms with van der Waals surface area (Å²) in [7, 11) is -0.978. The summed E-state index contributed by atoms with van der Waals surface area (Å²) in [6.45, 7) is 0.524. The summed E-state index contributed by atoms with van der Waals surface area (Å²) in [4.78, 5) is 27.2. The third kappa shape index (κ3) is 5.63. The molecule has 1 fully saturated rings. The van der Waals surface area contributed by atoms with Crippen LogP contribution in [0, 0.1) is 5.82 Å². The molecule has 0 unspecified atom stereocenters. The van der Waals surface area contributed by atoms with Crippen LogP contribution in [-0.2, 0) is 14.8 Å². The Labute approximate surface area is 197 Å². The summed E-state index contributed by atoms with van der Waals surface area (Å²) in [5.74, 6) is -1.29. The number of nitrogens with one attached hydrogen (secondary N) is 1. The van der Waals surface area contributed by atoms with E-state index in [4.69, 9.17) is 16.3 Å². The van der Waals surface area contributed by atoms with E-state index in [2.05, 4.69) is 5.32 Å². The van der Waals surface area contributed by atoms with Gasteiger partial charge in [0.15, 0.2) is 11.6 Å². The summed E-state index contributed by atoms with van der Waals surface area (Å²) in [5, 5.41) is 2.80. The average Bonchev–Trinajstić information content (AvgIpc) is 3.27. The van der Waals surface area contributed by atoms with Gasteiger partial charge in [-0.05, 0) is 43.2 Å². The van der Waals surface area contributed by atoms with Crippen LogP contribution in [0.3, 0.4) is 0 Å². The Morgan fingerprint density at radius 1 is 1.24 bits per heavy atom. The summed E-state index contributed by atoms with van der Waals surface area (Å²) < 4.78 is 44.8. The van der Waals surface area contributed by atoms with Crippen LogP contribution in [0.5, 0.6) is 5.75 Å². The van der Waals surface area contributed by atoms with E-state index in [9.17, 15) is 22.4 Å². The zero-order valence-corrected chi connectivity index (χ0v) is 19.8. The number of hydrogen-bond acceptors (Lipinski definition) is 5. The van der Waals surface area contributed by atoms with E-state index in [1.807, 2.05) is 0 Å². The maximum atomic E-state index is 13.6. The summed E-state index contributed by atoms with van der Waals surface area (Å²) >= 11 is 6.20. The average molecular weight is 498 g/mol. The topological polar surface area (TPSA) is 96.0 Å². The third-order valence-electron chi connectivity index (χ3n) is 5.26. The van der Waals surface area contributed by atoms with Crippen LogP contribution < -0.4 is 10.1 Å². The number of rotatable bonds is 8. The molecule has 2 aromatic rings. The Morgan fingerprint density at radius 2 is 1.97 bits per heavy atom. The number of carbonyl (C=O) groups is 2. The van der Waals surface area contributed by atoms with Gasteiger partial charge in [-0.15, -0.1) is 0 Å². The van der Waals surface area contributed by atoms with Gasteiger partial charge in [-0.1, -0.05) is 23.7 Å². The lowest BCUT2D eigenvalue weighted by Gasteiger charge is -2.25. The van der Waals surface area contributed by atoms with Crippen molar-refractivity contribution in [2.24, 2.45) is 0 Å². The lowest BCUT2D eigenvalue weighted by atomic mass is 10.1. The van der Waals surface area contributed by atoms with Gasteiger partial charge < -0.3 is 15.0 Å². The van der Waals surface area contributed by atoms with Crippen LogP contribution in [0.25, 0.3) is 0 Å². The predicted molar refractivity (Wildman–Crippen MR) is 121 cm³/mol. The second-order valence-corrected chi connectivity index (χ2v) is 10.2.